The van der Waals surface area contributed by atoms with Crippen molar-refractivity contribution in [1.29, 1.82) is 0 Å². The fourth-order valence-corrected chi connectivity index (χ4v) is 8.11. The average molecular weight is 818 g/mol. The molecule has 2 atom stereocenters. The number of carbonyl (C=O) groups excluding carboxylic acids is 1. The molecule has 336 valence electrons. The number of likely N-dealkylation sites (N-methyl/N-ethyl adjacent to an activating group) is 1. The number of hydrogen-bond donors (Lipinski definition) is 1. The third-order valence-electron chi connectivity index (χ3n) is 10.9. The highest BCUT2D eigenvalue weighted by Crippen LogP contribution is 2.40. The van der Waals surface area contributed by atoms with Gasteiger partial charge in [0.15, 0.2) is 0 Å². The van der Waals surface area contributed by atoms with Crippen molar-refractivity contribution in [1.82, 2.24) is 10.2 Å². The van der Waals surface area contributed by atoms with Crippen LogP contribution in [0.3, 0.4) is 0 Å². The molecule has 0 fully saturated rings. The number of phosphoric acid groups is 1. The minimum Gasteiger partial charge on any atom is -0.756 e. The first-order valence-corrected chi connectivity index (χ1v) is 25.5. The standard InChI is InChI=1S/C46H96N3O6P/c1-7-9-11-13-15-17-19-21-23-25-27-29-31-33-35-37-39-48(46(50)47-3)43-45(55-56(51,52)54-42-40-49(4,5)6)44-53-41-38-36-34-32-30-28-26-24-22-20-18-16-14-12-10-8-2/h45H,7-44H2,1-6H3,(H-,47,50,51,52). The highest BCUT2D eigenvalue weighted by Gasteiger charge is 2.24. The van der Waals surface area contributed by atoms with Crippen LogP contribution in [0.2, 0.25) is 0 Å². The van der Waals surface area contributed by atoms with Crippen LogP contribution in [0.4, 0.5) is 4.79 Å². The number of carbonyl (C=O) groups is 1. The van der Waals surface area contributed by atoms with Crippen molar-refractivity contribution in [2.45, 2.75) is 225 Å². The van der Waals surface area contributed by atoms with E-state index in [2.05, 4.69) is 19.2 Å². The number of hydrogen-bond acceptors (Lipinski definition) is 6. The summed E-state index contributed by atoms with van der Waals surface area (Å²) in [5.74, 6) is 0. The van der Waals surface area contributed by atoms with Crippen LogP contribution in [0.15, 0.2) is 0 Å². The van der Waals surface area contributed by atoms with Crippen LogP contribution in [-0.4, -0.2) is 89.2 Å². The number of urea groups is 1. The Morgan fingerprint density at radius 2 is 0.946 bits per heavy atom. The van der Waals surface area contributed by atoms with Crippen molar-refractivity contribution in [3.63, 3.8) is 0 Å². The molecule has 0 aliphatic carbocycles. The van der Waals surface area contributed by atoms with Crippen LogP contribution in [0.1, 0.15) is 219 Å². The summed E-state index contributed by atoms with van der Waals surface area (Å²) in [7, 11) is 2.97. The van der Waals surface area contributed by atoms with E-state index in [1.165, 1.54) is 173 Å². The molecule has 0 aromatic heterocycles. The smallest absolute Gasteiger partial charge is 0.317 e. The Labute approximate surface area is 348 Å². The number of nitrogens with zero attached hydrogens (tertiary/aromatic N) is 2. The van der Waals surface area contributed by atoms with Crippen molar-refractivity contribution < 1.29 is 32.5 Å². The Morgan fingerprint density at radius 1 is 0.589 bits per heavy atom. The lowest BCUT2D eigenvalue weighted by Gasteiger charge is -2.32. The lowest BCUT2D eigenvalue weighted by Crippen LogP contribution is -2.45. The molecule has 0 aromatic rings. The summed E-state index contributed by atoms with van der Waals surface area (Å²) in [5.41, 5.74) is 0. The molecule has 0 aromatic carbocycles. The summed E-state index contributed by atoms with van der Waals surface area (Å²) < 4.78 is 30.2. The van der Waals surface area contributed by atoms with Crippen LogP contribution in [-0.2, 0) is 18.3 Å². The average Bonchev–Trinajstić information content (AvgIpc) is 3.15. The molecule has 10 heteroatoms. The number of nitrogens with one attached hydrogen (secondary N) is 1. The Morgan fingerprint density at radius 3 is 1.30 bits per heavy atom. The third-order valence-corrected chi connectivity index (χ3v) is 12.0. The Hall–Kier alpha value is -0.700. The molecule has 0 rings (SSSR count). The normalized spacial score (nSPS) is 13.6. The molecule has 9 nitrogen and oxygen atoms in total. The van der Waals surface area contributed by atoms with Crippen LogP contribution in [0.25, 0.3) is 0 Å². The van der Waals surface area contributed by atoms with E-state index in [9.17, 15) is 14.3 Å². The van der Waals surface area contributed by atoms with Gasteiger partial charge in [-0.25, -0.2) is 4.79 Å². The predicted octanol–water partition coefficient (Wildman–Crippen LogP) is 12.7. The van der Waals surface area contributed by atoms with E-state index in [0.29, 0.717) is 24.2 Å². The van der Waals surface area contributed by atoms with E-state index >= 15 is 0 Å². The maximum absolute atomic E-state index is 12.9. The van der Waals surface area contributed by atoms with E-state index in [0.717, 1.165) is 32.1 Å². The quantitative estimate of drug-likeness (QED) is 0.0373. The van der Waals surface area contributed by atoms with Crippen LogP contribution in [0, 0.1) is 0 Å². The molecule has 0 saturated carbocycles. The summed E-state index contributed by atoms with van der Waals surface area (Å²) in [4.78, 5) is 27.4. The van der Waals surface area contributed by atoms with Gasteiger partial charge in [-0.3, -0.25) is 4.57 Å². The Kier molecular flexibility index (Phi) is 39.2. The molecular weight excluding hydrogens is 721 g/mol. The largest absolute Gasteiger partial charge is 0.756 e. The number of unbranched alkanes of at least 4 members (excludes halogenated alkanes) is 30. The molecule has 56 heavy (non-hydrogen) atoms. The van der Waals surface area contributed by atoms with Gasteiger partial charge >= 0.3 is 6.03 Å². The van der Waals surface area contributed by atoms with E-state index < -0.39 is 13.9 Å². The summed E-state index contributed by atoms with van der Waals surface area (Å²) in [5, 5.41) is 2.73. The predicted molar refractivity (Wildman–Crippen MR) is 237 cm³/mol. The zero-order valence-electron chi connectivity index (χ0n) is 38.2. The van der Waals surface area contributed by atoms with E-state index in [-0.39, 0.29) is 25.8 Å². The van der Waals surface area contributed by atoms with Gasteiger partial charge in [-0.2, -0.15) is 0 Å². The van der Waals surface area contributed by atoms with Crippen molar-refractivity contribution in [2.24, 2.45) is 0 Å². The van der Waals surface area contributed by atoms with Crippen LogP contribution < -0.4 is 10.2 Å². The first kappa shape index (κ1) is 55.3. The van der Waals surface area contributed by atoms with Gasteiger partial charge in [-0.15, -0.1) is 0 Å². The second kappa shape index (κ2) is 39.7. The molecule has 0 bridgehead atoms. The fourth-order valence-electron chi connectivity index (χ4n) is 7.25. The third kappa shape index (κ3) is 40.1. The molecule has 0 aliphatic rings. The molecule has 2 unspecified atom stereocenters. The van der Waals surface area contributed by atoms with Gasteiger partial charge in [0.1, 0.15) is 19.3 Å². The zero-order chi connectivity index (χ0) is 41.4. The summed E-state index contributed by atoms with van der Waals surface area (Å²) in [6.45, 7) is 6.43. The van der Waals surface area contributed by atoms with Gasteiger partial charge in [-0.1, -0.05) is 206 Å². The molecule has 0 saturated heterocycles. The van der Waals surface area contributed by atoms with Crippen molar-refractivity contribution in [3.8, 4) is 0 Å². The molecular formula is C46H96N3O6P. The minimum absolute atomic E-state index is 0.0371. The van der Waals surface area contributed by atoms with Gasteiger partial charge in [0.2, 0.25) is 0 Å². The monoisotopic (exact) mass is 818 g/mol. The van der Waals surface area contributed by atoms with E-state index in [1.54, 1.807) is 11.9 Å². The molecule has 0 spiro atoms. The second-order valence-electron chi connectivity index (χ2n) is 17.7. The summed E-state index contributed by atoms with van der Waals surface area (Å²) in [6.07, 6.45) is 40.8. The van der Waals surface area contributed by atoms with Crippen LogP contribution >= 0.6 is 7.82 Å². The lowest BCUT2D eigenvalue weighted by atomic mass is 10.0. The fraction of sp³-hybridized carbons (Fsp3) is 0.978. The van der Waals surface area contributed by atoms with Crippen molar-refractivity contribution in [2.75, 3.05) is 67.6 Å². The molecule has 0 aliphatic heterocycles. The van der Waals surface area contributed by atoms with Crippen molar-refractivity contribution in [3.05, 3.63) is 0 Å². The molecule has 0 heterocycles. The van der Waals surface area contributed by atoms with Crippen LogP contribution in [0.5, 0.6) is 0 Å². The maximum Gasteiger partial charge on any atom is 0.317 e. The summed E-state index contributed by atoms with van der Waals surface area (Å²) >= 11 is 0. The van der Waals surface area contributed by atoms with Gasteiger partial charge in [-0.05, 0) is 12.8 Å². The minimum atomic E-state index is -4.59. The van der Waals surface area contributed by atoms with Crippen molar-refractivity contribution >= 4 is 13.9 Å². The SMILES string of the molecule is CCCCCCCCCCCCCCCCCCOCC(CN(CCCCCCCCCCCCCCCCCC)C(=O)NC)OP(=O)([O-])OCC[N+](C)(C)C. The number of phosphoric ester groups is 1. The number of ether oxygens (including phenoxy) is 1. The Bertz CT molecular complexity index is 889. The first-order chi connectivity index (χ1) is 27.0. The second-order valence-corrected chi connectivity index (χ2v) is 19.1. The summed E-state index contributed by atoms with van der Waals surface area (Å²) in [6, 6.07) is -0.232. The molecule has 2 amide bonds. The number of amides is 2. The highest BCUT2D eigenvalue weighted by molar-refractivity contribution is 7.45. The van der Waals surface area contributed by atoms with Gasteiger partial charge < -0.3 is 33.4 Å². The number of quaternary nitrogens is 1. The van der Waals surface area contributed by atoms with E-state index in [1.807, 2.05) is 21.1 Å². The van der Waals surface area contributed by atoms with Gasteiger partial charge in [0.25, 0.3) is 7.82 Å². The number of rotatable bonds is 44. The zero-order valence-corrected chi connectivity index (χ0v) is 39.1. The van der Waals surface area contributed by atoms with E-state index in [4.69, 9.17) is 13.8 Å². The lowest BCUT2D eigenvalue weighted by molar-refractivity contribution is -0.870. The first-order valence-electron chi connectivity index (χ1n) is 24.0. The Balaban J connectivity index is 4.47. The van der Waals surface area contributed by atoms with Gasteiger partial charge in [0.05, 0.1) is 34.3 Å². The maximum atomic E-state index is 12.9. The molecule has 0 radical (unpaired) electrons. The molecule has 1 N–H and O–H groups in total. The highest BCUT2D eigenvalue weighted by atomic mass is 31.2. The topological polar surface area (TPSA) is 100 Å². The van der Waals surface area contributed by atoms with Gasteiger partial charge in [0, 0.05) is 20.2 Å².